The van der Waals surface area contributed by atoms with Crippen molar-refractivity contribution in [3.8, 4) is 22.3 Å². The molecule has 1 aliphatic heterocycles. The molecule has 4 aliphatic rings. The second-order valence-electron chi connectivity index (χ2n) is 24.2. The van der Waals surface area contributed by atoms with Gasteiger partial charge in [0.15, 0.2) is 0 Å². The Morgan fingerprint density at radius 3 is 1.05 bits per heavy atom. The zero-order valence-corrected chi connectivity index (χ0v) is 43.7. The predicted octanol–water partition coefficient (Wildman–Crippen LogP) is 11.4. The first-order valence-electron chi connectivity index (χ1n) is 23.5. The summed E-state index contributed by atoms with van der Waals surface area (Å²) in [6, 6.07) is 30.1. The number of hydrogen-bond acceptors (Lipinski definition) is 0. The summed E-state index contributed by atoms with van der Waals surface area (Å²) in [5.41, 5.74) is 21.7. The summed E-state index contributed by atoms with van der Waals surface area (Å²) >= 11 is -2.87. The average molecular weight is 892 g/mol. The summed E-state index contributed by atoms with van der Waals surface area (Å²) in [6.45, 7) is 38.6. The molecule has 0 N–H and O–H groups in total. The first kappa shape index (κ1) is 48.1. The molecule has 1 saturated heterocycles. The van der Waals surface area contributed by atoms with Gasteiger partial charge < -0.3 is 24.8 Å². The van der Waals surface area contributed by atoms with Crippen LogP contribution in [0.5, 0.6) is 0 Å². The van der Waals surface area contributed by atoms with E-state index in [-0.39, 0.29) is 46.5 Å². The molecular formula is C58H76Cl2Ti. The van der Waals surface area contributed by atoms with Gasteiger partial charge in [-0.1, -0.05) is 0 Å². The second-order valence-corrected chi connectivity index (χ2v) is 31.4. The summed E-state index contributed by atoms with van der Waals surface area (Å²) in [5.74, 6) is 1.04. The van der Waals surface area contributed by atoms with E-state index in [0.717, 1.165) is 8.45 Å². The van der Waals surface area contributed by atoms with Crippen molar-refractivity contribution in [2.75, 3.05) is 0 Å². The molecule has 0 spiro atoms. The number of fused-ring (bicyclic) bond motifs is 3. The number of benzene rings is 4. The molecule has 1 saturated carbocycles. The monoisotopic (exact) mass is 890 g/mol. The quantitative estimate of drug-likeness (QED) is 0.169. The summed E-state index contributed by atoms with van der Waals surface area (Å²) in [7, 11) is 0. The Labute approximate surface area is 388 Å². The molecular weight excluding hydrogens is 815 g/mol. The van der Waals surface area contributed by atoms with E-state index >= 15 is 0 Å². The zero-order chi connectivity index (χ0) is 42.8. The summed E-state index contributed by atoms with van der Waals surface area (Å²) < 4.78 is 3.06. The molecule has 0 amide bonds. The molecule has 0 aromatic heterocycles. The molecule has 1 heterocycles. The van der Waals surface area contributed by atoms with Crippen molar-refractivity contribution < 1.29 is 41.4 Å². The Hall–Kier alpha value is -2.35. The Balaban J connectivity index is 0.00000311. The maximum atomic E-state index is 2.74. The molecule has 3 aliphatic carbocycles. The summed E-state index contributed by atoms with van der Waals surface area (Å²) in [4.78, 5) is 0. The number of rotatable bonds is 6. The van der Waals surface area contributed by atoms with E-state index < -0.39 is 16.6 Å². The van der Waals surface area contributed by atoms with Crippen molar-refractivity contribution in [1.82, 2.24) is 0 Å². The summed E-state index contributed by atoms with van der Waals surface area (Å²) in [5, 5.41) is 0. The van der Waals surface area contributed by atoms with Gasteiger partial charge in [-0.2, -0.15) is 0 Å². The van der Waals surface area contributed by atoms with Gasteiger partial charge in [-0.05, 0) is 0 Å². The minimum Gasteiger partial charge on any atom is -1.00 e. The Morgan fingerprint density at radius 2 is 0.770 bits per heavy atom. The van der Waals surface area contributed by atoms with Gasteiger partial charge in [0.2, 0.25) is 0 Å². The third-order valence-electron chi connectivity index (χ3n) is 15.4. The Kier molecular flexibility index (Phi) is 13.1. The van der Waals surface area contributed by atoms with Crippen molar-refractivity contribution in [3.63, 3.8) is 0 Å². The first-order chi connectivity index (χ1) is 27.4. The standard InChI is InChI=1S/2C26H33.C6H10.2ClH.Ti/c2*1-17(2)19-12-18-10-9-11-23(24(18)15-19)20-13-21(25(3,4)5)16-22(14-20)26(6,7)8;1-2-4-6-5-3-1;;;/h2*9-17H,1-8H3;1-2H,3-6H2;2*1H;/q;;;;;+2/p-2. The number of halogens is 2. The van der Waals surface area contributed by atoms with Crippen LogP contribution < -0.4 is 24.8 Å². The fourth-order valence-corrected chi connectivity index (χ4v) is 26.6. The van der Waals surface area contributed by atoms with Crippen LogP contribution in [0.4, 0.5) is 0 Å². The fraction of sp³-hybridized carbons (Fsp3) is 0.517. The van der Waals surface area contributed by atoms with E-state index in [0.29, 0.717) is 20.3 Å². The van der Waals surface area contributed by atoms with E-state index in [1.807, 2.05) is 0 Å². The molecule has 4 aromatic carbocycles. The first-order valence-corrected chi connectivity index (χ1v) is 27.1. The van der Waals surface area contributed by atoms with Crippen molar-refractivity contribution in [2.45, 2.75) is 175 Å². The summed E-state index contributed by atoms with van der Waals surface area (Å²) in [6.07, 6.45) is 11.2. The van der Waals surface area contributed by atoms with Gasteiger partial charge in [-0.3, -0.25) is 0 Å². The van der Waals surface area contributed by atoms with Gasteiger partial charge in [-0.25, -0.2) is 0 Å². The van der Waals surface area contributed by atoms with Crippen LogP contribution in [0.2, 0.25) is 8.45 Å². The maximum absolute atomic E-state index is 2.87. The van der Waals surface area contributed by atoms with Gasteiger partial charge in [0, 0.05) is 0 Å². The third-order valence-corrected chi connectivity index (χ3v) is 26.1. The van der Waals surface area contributed by atoms with E-state index in [2.05, 4.69) is 196 Å². The fourth-order valence-electron chi connectivity index (χ4n) is 12.0. The molecule has 8 rings (SSSR count). The molecule has 4 aromatic rings. The Morgan fingerprint density at radius 1 is 0.459 bits per heavy atom. The van der Waals surface area contributed by atoms with E-state index in [9.17, 15) is 0 Å². The van der Waals surface area contributed by atoms with Crippen LogP contribution in [0, 0.1) is 11.8 Å². The van der Waals surface area contributed by atoms with Crippen LogP contribution in [-0.4, -0.2) is 0 Å². The number of allylic oxidation sites excluding steroid dienone is 2. The van der Waals surface area contributed by atoms with E-state index in [1.54, 1.807) is 22.3 Å². The van der Waals surface area contributed by atoms with Crippen molar-refractivity contribution >= 4 is 12.2 Å². The molecule has 4 unspecified atom stereocenters. The van der Waals surface area contributed by atoms with Crippen LogP contribution in [0.15, 0.2) is 83.9 Å². The minimum absolute atomic E-state index is 0. The van der Waals surface area contributed by atoms with Gasteiger partial charge in [-0.15, -0.1) is 0 Å². The van der Waals surface area contributed by atoms with Crippen molar-refractivity contribution in [1.29, 1.82) is 0 Å². The van der Waals surface area contributed by atoms with Gasteiger partial charge in [0.1, 0.15) is 0 Å². The molecule has 0 nitrogen and oxygen atoms in total. The van der Waals surface area contributed by atoms with Gasteiger partial charge in [0.05, 0.1) is 0 Å². The molecule has 4 atom stereocenters. The molecule has 3 heteroatoms. The van der Waals surface area contributed by atoms with Crippen LogP contribution in [0.25, 0.3) is 34.4 Å². The van der Waals surface area contributed by atoms with Gasteiger partial charge >= 0.3 is 366 Å². The van der Waals surface area contributed by atoms with Crippen molar-refractivity contribution in [3.05, 3.63) is 128 Å². The SMILES string of the molecule is CC(C)C1=Cc2c(-c3cc(C(C)(C)C)cc(C(C)(C)C)c3)cccc2[CH]1[Ti+2]1([CH]2C(C(C)C)=Cc3c(-c4cc(C(C)(C)C)cc(C(C)(C)C)c4)cccc32)[CH]2CCCC[CH]21.[Cl-].[Cl-]. The maximum Gasteiger partial charge on any atom is -1.00 e. The molecule has 61 heavy (non-hydrogen) atoms. The van der Waals surface area contributed by atoms with Crippen LogP contribution in [-0.2, 0) is 38.2 Å². The topological polar surface area (TPSA) is 0 Å². The van der Waals surface area contributed by atoms with Crippen LogP contribution in [0.1, 0.15) is 189 Å². The molecule has 0 radical (unpaired) electrons. The largest absolute Gasteiger partial charge is 1.00 e. The third kappa shape index (κ3) is 8.30. The van der Waals surface area contributed by atoms with E-state index in [4.69, 9.17) is 0 Å². The van der Waals surface area contributed by atoms with E-state index in [1.165, 1.54) is 81.3 Å². The normalized spacial score (nSPS) is 22.4. The zero-order valence-electron chi connectivity index (χ0n) is 40.6. The predicted molar refractivity (Wildman–Crippen MR) is 256 cm³/mol. The molecule has 326 valence electrons. The molecule has 2 fully saturated rings. The van der Waals surface area contributed by atoms with Crippen LogP contribution in [0.3, 0.4) is 0 Å². The Bertz CT molecular complexity index is 2130. The average Bonchev–Trinajstić information content (AvgIpc) is 3.41. The smallest absolute Gasteiger partial charge is 1.00 e. The second kappa shape index (κ2) is 16.6. The minimum atomic E-state index is -2.87. The number of hydrogen-bond donors (Lipinski definition) is 0. The van der Waals surface area contributed by atoms with Gasteiger partial charge in [0.25, 0.3) is 0 Å². The molecule has 0 bridgehead atoms. The van der Waals surface area contributed by atoms with Crippen molar-refractivity contribution in [2.24, 2.45) is 11.8 Å². The van der Waals surface area contributed by atoms with Crippen LogP contribution >= 0.6 is 0 Å².